The van der Waals surface area contributed by atoms with Crippen LogP contribution in [-0.4, -0.2) is 0 Å². The first-order valence-electron chi connectivity index (χ1n) is 31.9. The highest BCUT2D eigenvalue weighted by Gasteiger charge is 2.38. The third-order valence-corrected chi connectivity index (χ3v) is 24.3. The molecule has 6 heterocycles. The van der Waals surface area contributed by atoms with Crippen LogP contribution in [-0.2, 0) is 0 Å². The van der Waals surface area contributed by atoms with Gasteiger partial charge in [0.05, 0.1) is 77.6 Å². The molecule has 4 nitrogen and oxygen atoms in total. The van der Waals surface area contributed by atoms with Gasteiger partial charge in [-0.15, -0.1) is 45.3 Å². The Hall–Kier alpha value is -11.1. The summed E-state index contributed by atoms with van der Waals surface area (Å²) in [6, 6.07) is 114. The van der Waals surface area contributed by atoms with Crippen molar-refractivity contribution in [3.05, 3.63) is 303 Å². The minimum atomic E-state index is 1.12. The van der Waals surface area contributed by atoms with Crippen LogP contribution in [0.2, 0.25) is 0 Å². The van der Waals surface area contributed by atoms with Crippen molar-refractivity contribution >= 4 is 216 Å². The molecular weight excluding hydrogens is 1220 g/mol. The van der Waals surface area contributed by atoms with Crippen molar-refractivity contribution in [2.24, 2.45) is 0 Å². The molecule has 0 spiro atoms. The molecule has 0 N–H and O–H groups in total. The molecule has 0 saturated heterocycles. The van der Waals surface area contributed by atoms with E-state index in [-0.39, 0.29) is 0 Å². The van der Waals surface area contributed by atoms with Crippen LogP contribution in [0, 0.1) is 0 Å². The van der Waals surface area contributed by atoms with Gasteiger partial charge in [0.15, 0.2) is 0 Å². The van der Waals surface area contributed by atoms with Crippen molar-refractivity contribution in [2.75, 3.05) is 19.6 Å². The van der Waals surface area contributed by atoms with Crippen LogP contribution in [0.5, 0.6) is 0 Å². The number of para-hydroxylation sites is 4. The Morgan fingerprint density at radius 2 is 0.468 bits per heavy atom. The van der Waals surface area contributed by atoms with Crippen molar-refractivity contribution in [1.82, 2.24) is 0 Å². The summed E-state index contributed by atoms with van der Waals surface area (Å²) in [5.41, 5.74) is 18.6. The van der Waals surface area contributed by atoms with Gasteiger partial charge in [0, 0.05) is 92.8 Å². The SMILES string of the molecule is c1ccc(-c2ccc3sc4c(N5c6ccccc6N(c6c7ccccc7c(N7c8ccccc8N(c8cccc9c8sc8ccc(-c%10ccccc%10)cc89)c8cc9c(cc87)sc7ccccc79)c7ccccc67)c6cc7sc8ccccc8c7cc65)cccc4c3c2)cc1. The highest BCUT2D eigenvalue weighted by molar-refractivity contribution is 7.27. The molecule has 15 aromatic carbocycles. The molecule has 0 amide bonds. The van der Waals surface area contributed by atoms with Crippen molar-refractivity contribution in [1.29, 1.82) is 0 Å². The van der Waals surface area contributed by atoms with E-state index in [1.807, 2.05) is 45.3 Å². The number of benzene rings is 15. The van der Waals surface area contributed by atoms with Gasteiger partial charge < -0.3 is 19.6 Å². The molecule has 8 heteroatoms. The molecule has 2 aliphatic rings. The zero-order valence-corrected chi connectivity index (χ0v) is 53.6. The van der Waals surface area contributed by atoms with Gasteiger partial charge >= 0.3 is 0 Å². The van der Waals surface area contributed by atoms with Crippen molar-refractivity contribution < 1.29 is 0 Å². The molecule has 0 atom stereocenters. The summed E-state index contributed by atoms with van der Waals surface area (Å²) in [6.07, 6.45) is 0. The summed E-state index contributed by atoms with van der Waals surface area (Å²) in [5.74, 6) is 0. The highest BCUT2D eigenvalue weighted by atomic mass is 32.1. The average molecular weight is 1270 g/mol. The van der Waals surface area contributed by atoms with Crippen LogP contribution in [0.4, 0.5) is 68.2 Å². The summed E-state index contributed by atoms with van der Waals surface area (Å²) < 4.78 is 10.1. The van der Waals surface area contributed by atoms with Gasteiger partial charge in [-0.3, -0.25) is 0 Å². The number of fused-ring (bicyclic) bond motifs is 18. The minimum absolute atomic E-state index is 1.12. The first kappa shape index (κ1) is 52.5. The van der Waals surface area contributed by atoms with E-state index in [1.54, 1.807) is 0 Å². The quantitative estimate of drug-likeness (QED) is 0.154. The Kier molecular flexibility index (Phi) is 11.3. The molecule has 0 bridgehead atoms. The zero-order valence-electron chi connectivity index (χ0n) is 50.3. The monoisotopic (exact) mass is 1270 g/mol. The highest BCUT2D eigenvalue weighted by Crippen LogP contribution is 2.64. The molecule has 4 aromatic heterocycles. The van der Waals surface area contributed by atoms with Gasteiger partial charge in [-0.25, -0.2) is 0 Å². The van der Waals surface area contributed by atoms with E-state index in [0.717, 1.165) is 78.4 Å². The third kappa shape index (κ3) is 7.59. The number of thiophene rings is 4. The molecule has 0 fully saturated rings. The second kappa shape index (κ2) is 20.2. The smallest absolute Gasteiger partial charge is 0.0718 e. The molecule has 2 aliphatic heterocycles. The number of anilines is 12. The van der Waals surface area contributed by atoms with Crippen molar-refractivity contribution in [3.8, 4) is 22.3 Å². The maximum atomic E-state index is 2.62. The zero-order chi connectivity index (χ0) is 61.3. The lowest BCUT2D eigenvalue weighted by Crippen LogP contribution is -2.25. The summed E-state index contributed by atoms with van der Waals surface area (Å²) in [5, 5.41) is 14.8. The predicted octanol–water partition coefficient (Wildman–Crippen LogP) is 27.3. The number of rotatable bonds is 6. The van der Waals surface area contributed by atoms with E-state index in [9.17, 15) is 0 Å². The lowest BCUT2D eigenvalue weighted by molar-refractivity contribution is 1.19. The Balaban J connectivity index is 0.809. The number of hydrogen-bond donors (Lipinski definition) is 0. The van der Waals surface area contributed by atoms with Gasteiger partial charge in [-0.05, 0) is 119 Å². The van der Waals surface area contributed by atoms with E-state index in [2.05, 4.69) is 323 Å². The third-order valence-electron chi connectivity index (χ3n) is 19.6. The fourth-order valence-electron chi connectivity index (χ4n) is 15.5. The fraction of sp³-hybridized carbons (Fsp3) is 0. The first-order chi connectivity index (χ1) is 46.6. The summed E-state index contributed by atoms with van der Waals surface area (Å²) in [6.45, 7) is 0. The molecule has 0 aliphatic carbocycles. The summed E-state index contributed by atoms with van der Waals surface area (Å²) >= 11 is 7.54. The normalized spacial score (nSPS) is 13.0. The minimum Gasteiger partial charge on any atom is -0.305 e. The fourth-order valence-corrected chi connectivity index (χ4v) is 20.1. The predicted molar refractivity (Wildman–Crippen MR) is 410 cm³/mol. The topological polar surface area (TPSA) is 13.0 Å². The maximum Gasteiger partial charge on any atom is 0.0718 e. The molecule has 94 heavy (non-hydrogen) atoms. The van der Waals surface area contributed by atoms with E-state index in [1.165, 1.54) is 114 Å². The van der Waals surface area contributed by atoms with Crippen molar-refractivity contribution in [2.45, 2.75) is 0 Å². The van der Waals surface area contributed by atoms with Crippen LogP contribution in [0.25, 0.3) is 124 Å². The van der Waals surface area contributed by atoms with Crippen molar-refractivity contribution in [3.63, 3.8) is 0 Å². The molecule has 438 valence electrons. The standard InChI is InChI=1S/C86H50N4S4/c1-3-21-51(22-4-1)53-41-43-79-63(45-53)61-31-19-37-71(85(61)93-79)87-67-33-13-15-35-69(67)89(75-49-81-65(47-73(75)87)55-25-11-17-39-77(55)91-81)83-57-27-7-9-29-59(57)84(60-30-10-8-28-58(60)83)90-70-36-16-14-34-68(70)88(74-48-66-56-26-12-18-40-78(56)92-82(66)50-76(74)90)72-38-20-32-62-64-46-54(52-23-5-2-6-24-52)42-44-80(64)94-86(62)72/h1-50H. The Morgan fingerprint density at radius 3 is 0.883 bits per heavy atom. The molecule has 0 unspecified atom stereocenters. The van der Waals surface area contributed by atoms with Crippen LogP contribution in [0.1, 0.15) is 0 Å². The molecule has 19 aromatic rings. The van der Waals surface area contributed by atoms with E-state index >= 15 is 0 Å². The molecule has 0 saturated carbocycles. The second-order valence-corrected chi connectivity index (χ2v) is 28.9. The van der Waals surface area contributed by atoms with Gasteiger partial charge in [0.25, 0.3) is 0 Å². The lowest BCUT2D eigenvalue weighted by Gasteiger charge is -2.43. The van der Waals surface area contributed by atoms with Crippen LogP contribution in [0.3, 0.4) is 0 Å². The Bertz CT molecular complexity index is 5970. The molecule has 0 radical (unpaired) electrons. The van der Waals surface area contributed by atoms with Gasteiger partial charge in [-0.1, -0.05) is 206 Å². The van der Waals surface area contributed by atoms with E-state index in [0.29, 0.717) is 0 Å². The maximum absolute atomic E-state index is 2.62. The van der Waals surface area contributed by atoms with Gasteiger partial charge in [0.2, 0.25) is 0 Å². The van der Waals surface area contributed by atoms with Crippen LogP contribution in [0.15, 0.2) is 303 Å². The largest absolute Gasteiger partial charge is 0.305 e. The van der Waals surface area contributed by atoms with Gasteiger partial charge in [0.1, 0.15) is 0 Å². The molecule has 21 rings (SSSR count). The summed E-state index contributed by atoms with van der Waals surface area (Å²) in [7, 11) is 0. The van der Waals surface area contributed by atoms with E-state index < -0.39 is 0 Å². The lowest BCUT2D eigenvalue weighted by atomic mass is 9.93. The Labute approximate surface area is 556 Å². The Morgan fingerprint density at radius 1 is 0.160 bits per heavy atom. The second-order valence-electron chi connectivity index (χ2n) is 24.6. The number of nitrogens with zero attached hydrogens (tertiary/aromatic N) is 4. The van der Waals surface area contributed by atoms with Crippen LogP contribution < -0.4 is 19.6 Å². The van der Waals surface area contributed by atoms with E-state index in [4.69, 9.17) is 0 Å². The molecular formula is C86H50N4S4. The first-order valence-corrected chi connectivity index (χ1v) is 35.1. The summed E-state index contributed by atoms with van der Waals surface area (Å²) in [4.78, 5) is 10.4. The van der Waals surface area contributed by atoms with Crippen LogP contribution >= 0.6 is 45.3 Å². The number of hydrogen-bond acceptors (Lipinski definition) is 8. The average Bonchev–Trinajstić information content (AvgIpc) is 0.932. The van der Waals surface area contributed by atoms with Gasteiger partial charge in [-0.2, -0.15) is 0 Å².